The molecule has 0 bridgehead atoms. The molecule has 2 aromatic carbocycles. The molecular formula is C21H22FN3O3. The number of hydrogen-bond acceptors (Lipinski definition) is 4. The standard InChI is InChI=1S/C21H22FN3O3/c1-4-24(13-15-10-11-18(27-2)17(22)12-15)21(26)20-19(28-3)14-25(23-20)16-8-6-5-7-9-16/h5-12,14H,4,13H2,1-3H3. The summed E-state index contributed by atoms with van der Waals surface area (Å²) in [7, 11) is 2.91. The molecule has 0 radical (unpaired) electrons. The van der Waals surface area contributed by atoms with E-state index < -0.39 is 5.82 Å². The first-order valence-electron chi connectivity index (χ1n) is 8.88. The van der Waals surface area contributed by atoms with Gasteiger partial charge in [-0.05, 0) is 36.8 Å². The maximum atomic E-state index is 14.0. The molecule has 0 saturated carbocycles. The molecule has 146 valence electrons. The largest absolute Gasteiger partial charge is 0.494 e. The van der Waals surface area contributed by atoms with E-state index in [-0.39, 0.29) is 23.9 Å². The Morgan fingerprint density at radius 1 is 1.11 bits per heavy atom. The van der Waals surface area contributed by atoms with Gasteiger partial charge >= 0.3 is 0 Å². The van der Waals surface area contributed by atoms with Crippen LogP contribution in [0.1, 0.15) is 23.0 Å². The van der Waals surface area contributed by atoms with Gasteiger partial charge in [0.05, 0.1) is 26.1 Å². The van der Waals surface area contributed by atoms with Crippen LogP contribution < -0.4 is 9.47 Å². The molecule has 0 fully saturated rings. The summed E-state index contributed by atoms with van der Waals surface area (Å²) in [6.45, 7) is 2.55. The highest BCUT2D eigenvalue weighted by Gasteiger charge is 2.23. The topological polar surface area (TPSA) is 56.6 Å². The van der Waals surface area contributed by atoms with Crippen molar-refractivity contribution in [3.05, 3.63) is 71.8 Å². The van der Waals surface area contributed by atoms with E-state index in [1.165, 1.54) is 20.3 Å². The molecule has 0 unspecified atom stereocenters. The summed E-state index contributed by atoms with van der Waals surface area (Å²) in [6, 6.07) is 14.1. The average Bonchev–Trinajstić information content (AvgIpc) is 3.17. The van der Waals surface area contributed by atoms with Gasteiger partial charge in [0.1, 0.15) is 0 Å². The monoisotopic (exact) mass is 383 g/mol. The number of carbonyl (C=O) groups is 1. The van der Waals surface area contributed by atoms with Gasteiger partial charge in [-0.15, -0.1) is 0 Å². The van der Waals surface area contributed by atoms with Gasteiger partial charge < -0.3 is 14.4 Å². The van der Waals surface area contributed by atoms with E-state index in [4.69, 9.17) is 9.47 Å². The van der Waals surface area contributed by atoms with Crippen LogP contribution in [0.3, 0.4) is 0 Å². The van der Waals surface area contributed by atoms with Crippen LogP contribution in [0.5, 0.6) is 11.5 Å². The first-order valence-corrected chi connectivity index (χ1v) is 8.88. The number of hydrogen-bond donors (Lipinski definition) is 0. The molecule has 1 amide bonds. The Morgan fingerprint density at radius 2 is 1.82 bits per heavy atom. The van der Waals surface area contributed by atoms with Crippen LogP contribution in [0, 0.1) is 5.82 Å². The fraction of sp³-hybridized carbons (Fsp3) is 0.238. The predicted octanol–water partition coefficient (Wildman–Crippen LogP) is 3.69. The number of rotatable bonds is 7. The van der Waals surface area contributed by atoms with Crippen molar-refractivity contribution in [1.29, 1.82) is 0 Å². The van der Waals surface area contributed by atoms with Gasteiger partial charge in [-0.2, -0.15) is 5.10 Å². The molecule has 0 aliphatic heterocycles. The van der Waals surface area contributed by atoms with Crippen molar-refractivity contribution in [2.45, 2.75) is 13.5 Å². The lowest BCUT2D eigenvalue weighted by molar-refractivity contribution is 0.0742. The second kappa shape index (κ2) is 8.56. The number of benzene rings is 2. The van der Waals surface area contributed by atoms with Crippen molar-refractivity contribution in [1.82, 2.24) is 14.7 Å². The molecule has 28 heavy (non-hydrogen) atoms. The second-order valence-corrected chi connectivity index (χ2v) is 6.11. The van der Waals surface area contributed by atoms with Crippen LogP contribution in [0.2, 0.25) is 0 Å². The second-order valence-electron chi connectivity index (χ2n) is 6.11. The van der Waals surface area contributed by atoms with Gasteiger partial charge in [0.2, 0.25) is 0 Å². The average molecular weight is 383 g/mol. The summed E-state index contributed by atoms with van der Waals surface area (Å²) in [4.78, 5) is 14.6. The third-order valence-electron chi connectivity index (χ3n) is 4.38. The van der Waals surface area contributed by atoms with E-state index in [1.54, 1.807) is 27.9 Å². The van der Waals surface area contributed by atoms with Gasteiger partial charge in [-0.3, -0.25) is 4.79 Å². The number of halogens is 1. The first kappa shape index (κ1) is 19.4. The fourth-order valence-corrected chi connectivity index (χ4v) is 2.87. The van der Waals surface area contributed by atoms with E-state index in [0.29, 0.717) is 17.9 Å². The predicted molar refractivity (Wildman–Crippen MR) is 103 cm³/mol. The number of para-hydroxylation sites is 1. The van der Waals surface area contributed by atoms with E-state index in [9.17, 15) is 9.18 Å². The third-order valence-corrected chi connectivity index (χ3v) is 4.38. The Balaban J connectivity index is 1.86. The molecule has 6 nitrogen and oxygen atoms in total. The van der Waals surface area contributed by atoms with Gasteiger partial charge in [0, 0.05) is 13.1 Å². The van der Waals surface area contributed by atoms with Crippen molar-refractivity contribution in [3.63, 3.8) is 0 Å². The van der Waals surface area contributed by atoms with Crippen LogP contribution in [0.4, 0.5) is 4.39 Å². The Kier molecular flexibility index (Phi) is 5.93. The zero-order chi connectivity index (χ0) is 20.1. The molecule has 0 spiro atoms. The molecule has 7 heteroatoms. The molecule has 1 heterocycles. The molecule has 3 rings (SSSR count). The molecular weight excluding hydrogens is 361 g/mol. The third kappa shape index (κ3) is 3.98. The minimum atomic E-state index is -0.463. The van der Waals surface area contributed by atoms with Crippen molar-refractivity contribution < 1.29 is 18.7 Å². The Hall–Kier alpha value is -3.35. The number of amides is 1. The van der Waals surface area contributed by atoms with Crippen molar-refractivity contribution in [2.24, 2.45) is 0 Å². The summed E-state index contributed by atoms with van der Waals surface area (Å²) in [5.74, 6) is -0.200. The Labute approximate surface area is 163 Å². The summed E-state index contributed by atoms with van der Waals surface area (Å²) < 4.78 is 25.9. The van der Waals surface area contributed by atoms with Crippen LogP contribution in [-0.4, -0.2) is 41.4 Å². The maximum Gasteiger partial charge on any atom is 0.278 e. The summed E-state index contributed by atoms with van der Waals surface area (Å²) in [6.07, 6.45) is 1.67. The Morgan fingerprint density at radius 3 is 2.43 bits per heavy atom. The molecule has 0 aliphatic carbocycles. The normalized spacial score (nSPS) is 10.6. The van der Waals surface area contributed by atoms with Crippen LogP contribution >= 0.6 is 0 Å². The lowest BCUT2D eigenvalue weighted by atomic mass is 10.2. The summed E-state index contributed by atoms with van der Waals surface area (Å²) in [5, 5.41) is 4.41. The number of methoxy groups -OCH3 is 2. The van der Waals surface area contributed by atoms with E-state index in [0.717, 1.165) is 5.69 Å². The van der Waals surface area contributed by atoms with E-state index in [2.05, 4.69) is 5.10 Å². The van der Waals surface area contributed by atoms with E-state index >= 15 is 0 Å². The van der Waals surface area contributed by atoms with Crippen LogP contribution in [-0.2, 0) is 6.54 Å². The zero-order valence-electron chi connectivity index (χ0n) is 16.1. The SMILES string of the molecule is CCN(Cc1ccc(OC)c(F)c1)C(=O)c1nn(-c2ccccc2)cc1OC. The quantitative estimate of drug-likeness (QED) is 0.624. The van der Waals surface area contributed by atoms with Gasteiger partial charge in [0.25, 0.3) is 5.91 Å². The van der Waals surface area contributed by atoms with Gasteiger partial charge in [-0.1, -0.05) is 24.3 Å². The minimum absolute atomic E-state index is 0.168. The lowest BCUT2D eigenvalue weighted by Gasteiger charge is -2.20. The molecule has 0 atom stereocenters. The number of carbonyl (C=O) groups excluding carboxylic acids is 1. The highest BCUT2D eigenvalue weighted by atomic mass is 19.1. The Bertz CT molecular complexity index is 957. The smallest absolute Gasteiger partial charge is 0.278 e. The van der Waals surface area contributed by atoms with Crippen molar-refractivity contribution in [2.75, 3.05) is 20.8 Å². The van der Waals surface area contributed by atoms with Gasteiger partial charge in [-0.25, -0.2) is 9.07 Å². The van der Waals surface area contributed by atoms with Crippen LogP contribution in [0.15, 0.2) is 54.7 Å². The van der Waals surface area contributed by atoms with Crippen LogP contribution in [0.25, 0.3) is 5.69 Å². The first-order chi connectivity index (χ1) is 13.6. The molecule has 1 aromatic heterocycles. The number of aromatic nitrogens is 2. The zero-order valence-corrected chi connectivity index (χ0v) is 16.1. The van der Waals surface area contributed by atoms with Gasteiger partial charge in [0.15, 0.2) is 23.0 Å². The highest BCUT2D eigenvalue weighted by molar-refractivity contribution is 5.95. The molecule has 0 aliphatic rings. The molecule has 3 aromatic rings. The lowest BCUT2D eigenvalue weighted by Crippen LogP contribution is -2.31. The minimum Gasteiger partial charge on any atom is -0.494 e. The van der Waals surface area contributed by atoms with Crippen molar-refractivity contribution in [3.8, 4) is 17.2 Å². The maximum absolute atomic E-state index is 14.0. The summed E-state index contributed by atoms with van der Waals surface area (Å²) in [5.41, 5.74) is 1.69. The van der Waals surface area contributed by atoms with Crippen molar-refractivity contribution >= 4 is 5.91 Å². The molecule has 0 N–H and O–H groups in total. The molecule has 0 saturated heterocycles. The van der Waals surface area contributed by atoms with E-state index in [1.807, 2.05) is 37.3 Å². The fourth-order valence-electron chi connectivity index (χ4n) is 2.87. The number of ether oxygens (including phenoxy) is 2. The highest BCUT2D eigenvalue weighted by Crippen LogP contribution is 2.23. The summed E-state index contributed by atoms with van der Waals surface area (Å²) >= 11 is 0. The number of nitrogens with zero attached hydrogens (tertiary/aromatic N) is 3.